The molecule has 0 radical (unpaired) electrons. The van der Waals surface area contributed by atoms with Crippen LogP contribution < -0.4 is 10.6 Å². The Kier molecular flexibility index (Phi) is 4.96. The molecular weight excluding hydrogens is 320 g/mol. The standard InChI is InChI=1S/C19H19ClN4/c1-13-10-14(2)18(16(20)11-13)24-19-21-9-8-17(23-19)22-12-15-6-4-3-5-7-15/h3-11H,12H2,1-2H3,(H2,21,22,23,24). The Morgan fingerprint density at radius 2 is 1.83 bits per heavy atom. The topological polar surface area (TPSA) is 49.8 Å². The van der Waals surface area contributed by atoms with Gasteiger partial charge in [-0.25, -0.2) is 4.98 Å². The molecule has 3 aromatic rings. The lowest BCUT2D eigenvalue weighted by molar-refractivity contribution is 1.08. The SMILES string of the molecule is Cc1cc(C)c(Nc2nccc(NCc3ccccc3)n2)c(Cl)c1. The molecule has 0 bridgehead atoms. The molecule has 0 atom stereocenters. The van der Waals surface area contributed by atoms with Crippen molar-refractivity contribution >= 4 is 29.1 Å². The Labute approximate surface area is 146 Å². The van der Waals surface area contributed by atoms with E-state index in [0.717, 1.165) is 22.6 Å². The van der Waals surface area contributed by atoms with Gasteiger partial charge in [-0.15, -0.1) is 0 Å². The van der Waals surface area contributed by atoms with Gasteiger partial charge in [-0.3, -0.25) is 0 Å². The van der Waals surface area contributed by atoms with Crippen LogP contribution >= 0.6 is 11.6 Å². The molecule has 122 valence electrons. The molecule has 0 saturated carbocycles. The van der Waals surface area contributed by atoms with Gasteiger partial charge in [0.2, 0.25) is 5.95 Å². The van der Waals surface area contributed by atoms with Crippen LogP contribution in [0.3, 0.4) is 0 Å². The molecular formula is C19H19ClN4. The lowest BCUT2D eigenvalue weighted by Gasteiger charge is -2.12. The second kappa shape index (κ2) is 7.32. The number of halogens is 1. The molecule has 2 aromatic carbocycles. The summed E-state index contributed by atoms with van der Waals surface area (Å²) in [5.74, 6) is 1.28. The third-order valence-corrected chi connectivity index (χ3v) is 3.94. The maximum atomic E-state index is 6.33. The van der Waals surface area contributed by atoms with Gasteiger partial charge in [0.25, 0.3) is 0 Å². The van der Waals surface area contributed by atoms with E-state index in [1.807, 2.05) is 44.2 Å². The minimum Gasteiger partial charge on any atom is -0.366 e. The smallest absolute Gasteiger partial charge is 0.229 e. The number of aryl methyl sites for hydroxylation is 2. The van der Waals surface area contributed by atoms with Gasteiger partial charge < -0.3 is 10.6 Å². The lowest BCUT2D eigenvalue weighted by atomic mass is 10.1. The predicted molar refractivity (Wildman–Crippen MR) is 100 cm³/mol. The van der Waals surface area contributed by atoms with Crippen molar-refractivity contribution in [2.75, 3.05) is 10.6 Å². The van der Waals surface area contributed by atoms with Crippen LogP contribution in [0.1, 0.15) is 16.7 Å². The Bertz CT molecular complexity index is 811. The molecule has 5 heteroatoms. The highest BCUT2D eigenvalue weighted by Gasteiger charge is 2.08. The molecule has 0 aliphatic rings. The third-order valence-electron chi connectivity index (χ3n) is 3.64. The molecule has 4 nitrogen and oxygen atoms in total. The van der Waals surface area contributed by atoms with E-state index in [1.165, 1.54) is 5.56 Å². The van der Waals surface area contributed by atoms with E-state index in [9.17, 15) is 0 Å². The van der Waals surface area contributed by atoms with E-state index in [4.69, 9.17) is 11.6 Å². The van der Waals surface area contributed by atoms with Crippen molar-refractivity contribution in [1.29, 1.82) is 0 Å². The number of anilines is 3. The number of hydrogen-bond acceptors (Lipinski definition) is 4. The van der Waals surface area contributed by atoms with Crippen LogP contribution in [0.4, 0.5) is 17.5 Å². The highest BCUT2D eigenvalue weighted by molar-refractivity contribution is 6.33. The molecule has 0 spiro atoms. The van der Waals surface area contributed by atoms with Crippen LogP contribution in [0.25, 0.3) is 0 Å². The first-order valence-corrected chi connectivity index (χ1v) is 8.14. The first kappa shape index (κ1) is 16.3. The zero-order valence-corrected chi connectivity index (χ0v) is 14.4. The first-order chi connectivity index (χ1) is 11.6. The summed E-state index contributed by atoms with van der Waals surface area (Å²) in [6.07, 6.45) is 1.72. The van der Waals surface area contributed by atoms with Crippen LogP contribution in [-0.4, -0.2) is 9.97 Å². The second-order valence-corrected chi connectivity index (χ2v) is 6.08. The fourth-order valence-electron chi connectivity index (χ4n) is 2.49. The van der Waals surface area contributed by atoms with E-state index in [0.29, 0.717) is 17.5 Å². The van der Waals surface area contributed by atoms with Crippen LogP contribution in [0.15, 0.2) is 54.7 Å². The third kappa shape index (κ3) is 4.03. The summed E-state index contributed by atoms with van der Waals surface area (Å²) in [6.45, 7) is 4.74. The van der Waals surface area contributed by atoms with E-state index in [2.05, 4.69) is 38.8 Å². The van der Waals surface area contributed by atoms with Crippen molar-refractivity contribution in [3.63, 3.8) is 0 Å². The number of aromatic nitrogens is 2. The maximum absolute atomic E-state index is 6.33. The minimum absolute atomic E-state index is 0.516. The van der Waals surface area contributed by atoms with Gasteiger partial charge in [0.15, 0.2) is 0 Å². The maximum Gasteiger partial charge on any atom is 0.229 e. The highest BCUT2D eigenvalue weighted by Crippen LogP contribution is 2.29. The highest BCUT2D eigenvalue weighted by atomic mass is 35.5. The molecule has 0 saturated heterocycles. The molecule has 1 aromatic heterocycles. The van der Waals surface area contributed by atoms with Gasteiger partial charge in [-0.05, 0) is 42.7 Å². The molecule has 0 amide bonds. The zero-order chi connectivity index (χ0) is 16.9. The van der Waals surface area contributed by atoms with Gasteiger partial charge in [0.1, 0.15) is 5.82 Å². The molecule has 1 heterocycles. The number of nitrogens with one attached hydrogen (secondary N) is 2. The van der Waals surface area contributed by atoms with Gasteiger partial charge in [0.05, 0.1) is 10.7 Å². The molecule has 2 N–H and O–H groups in total. The fourth-order valence-corrected chi connectivity index (χ4v) is 2.86. The van der Waals surface area contributed by atoms with Crippen LogP contribution in [0.2, 0.25) is 5.02 Å². The minimum atomic E-state index is 0.516. The van der Waals surface area contributed by atoms with Crippen molar-refractivity contribution in [2.45, 2.75) is 20.4 Å². The molecule has 0 fully saturated rings. The summed E-state index contributed by atoms with van der Waals surface area (Å²) in [6, 6.07) is 16.0. The summed E-state index contributed by atoms with van der Waals surface area (Å²) in [5, 5.41) is 7.18. The summed E-state index contributed by atoms with van der Waals surface area (Å²) in [4.78, 5) is 8.77. The Morgan fingerprint density at radius 1 is 1.04 bits per heavy atom. The van der Waals surface area contributed by atoms with Crippen LogP contribution in [0.5, 0.6) is 0 Å². The summed E-state index contributed by atoms with van der Waals surface area (Å²) >= 11 is 6.33. The Morgan fingerprint density at radius 3 is 2.58 bits per heavy atom. The number of hydrogen-bond donors (Lipinski definition) is 2. The monoisotopic (exact) mass is 338 g/mol. The number of benzene rings is 2. The van der Waals surface area contributed by atoms with Crippen molar-refractivity contribution in [1.82, 2.24) is 9.97 Å². The van der Waals surface area contributed by atoms with Crippen LogP contribution in [-0.2, 0) is 6.54 Å². The van der Waals surface area contributed by atoms with Crippen molar-refractivity contribution in [2.24, 2.45) is 0 Å². The molecule has 3 rings (SSSR count). The number of nitrogens with zero attached hydrogens (tertiary/aromatic N) is 2. The van der Waals surface area contributed by atoms with Crippen molar-refractivity contribution in [3.8, 4) is 0 Å². The molecule has 0 aliphatic carbocycles. The van der Waals surface area contributed by atoms with Crippen molar-refractivity contribution < 1.29 is 0 Å². The average molecular weight is 339 g/mol. The fraction of sp³-hybridized carbons (Fsp3) is 0.158. The van der Waals surface area contributed by atoms with E-state index in [-0.39, 0.29) is 0 Å². The van der Waals surface area contributed by atoms with Gasteiger partial charge in [-0.2, -0.15) is 4.98 Å². The van der Waals surface area contributed by atoms with Gasteiger partial charge >= 0.3 is 0 Å². The van der Waals surface area contributed by atoms with E-state index in [1.54, 1.807) is 6.20 Å². The first-order valence-electron chi connectivity index (χ1n) is 7.76. The zero-order valence-electron chi connectivity index (χ0n) is 13.7. The summed E-state index contributed by atoms with van der Waals surface area (Å²) in [7, 11) is 0. The largest absolute Gasteiger partial charge is 0.366 e. The molecule has 0 unspecified atom stereocenters. The van der Waals surface area contributed by atoms with E-state index < -0.39 is 0 Å². The average Bonchev–Trinajstić information content (AvgIpc) is 2.58. The Balaban J connectivity index is 1.74. The normalized spacial score (nSPS) is 10.5. The Hall–Kier alpha value is -2.59. The predicted octanol–water partition coefficient (Wildman–Crippen LogP) is 5.10. The number of rotatable bonds is 5. The lowest BCUT2D eigenvalue weighted by Crippen LogP contribution is -2.05. The van der Waals surface area contributed by atoms with Gasteiger partial charge in [0, 0.05) is 12.7 Å². The van der Waals surface area contributed by atoms with Gasteiger partial charge in [-0.1, -0.05) is 48.0 Å². The quantitative estimate of drug-likeness (QED) is 0.679. The van der Waals surface area contributed by atoms with Crippen molar-refractivity contribution in [3.05, 3.63) is 76.4 Å². The molecule has 0 aliphatic heterocycles. The summed E-state index contributed by atoms with van der Waals surface area (Å²) in [5.41, 5.74) is 4.22. The second-order valence-electron chi connectivity index (χ2n) is 5.67. The molecule has 24 heavy (non-hydrogen) atoms. The van der Waals surface area contributed by atoms with E-state index >= 15 is 0 Å². The summed E-state index contributed by atoms with van der Waals surface area (Å²) < 4.78 is 0. The van der Waals surface area contributed by atoms with Crippen LogP contribution in [0, 0.1) is 13.8 Å².